The van der Waals surface area contributed by atoms with Gasteiger partial charge < -0.3 is 14.8 Å². The van der Waals surface area contributed by atoms with E-state index in [1.54, 1.807) is 21.1 Å². The van der Waals surface area contributed by atoms with Crippen molar-refractivity contribution >= 4 is 11.5 Å². The van der Waals surface area contributed by atoms with Crippen LogP contribution in [0.25, 0.3) is 0 Å². The Morgan fingerprint density at radius 2 is 1.96 bits per heavy atom. The van der Waals surface area contributed by atoms with E-state index in [1.165, 1.54) is 4.68 Å². The third-order valence-electron chi connectivity index (χ3n) is 3.31. The van der Waals surface area contributed by atoms with E-state index in [0.29, 0.717) is 31.1 Å². The number of nitro groups is 1. The minimum atomic E-state index is -0.418. The second-order valence-corrected chi connectivity index (χ2v) is 4.97. The summed E-state index contributed by atoms with van der Waals surface area (Å²) in [6.45, 7) is 2.68. The molecular formula is C15H20N4O4. The molecule has 0 bridgehead atoms. The lowest BCUT2D eigenvalue weighted by Crippen LogP contribution is -2.11. The van der Waals surface area contributed by atoms with Gasteiger partial charge in [-0.3, -0.25) is 10.1 Å². The van der Waals surface area contributed by atoms with E-state index < -0.39 is 4.92 Å². The maximum atomic E-state index is 11.1. The van der Waals surface area contributed by atoms with E-state index in [0.717, 1.165) is 11.5 Å². The van der Waals surface area contributed by atoms with Crippen LogP contribution in [0.5, 0.6) is 11.5 Å². The number of aryl methyl sites for hydroxylation is 2. The summed E-state index contributed by atoms with van der Waals surface area (Å²) in [5.41, 5.74) is 0.415. The highest BCUT2D eigenvalue weighted by Crippen LogP contribution is 2.27. The summed E-state index contributed by atoms with van der Waals surface area (Å²) < 4.78 is 12.2. The van der Waals surface area contributed by atoms with Gasteiger partial charge in [-0.05, 0) is 37.6 Å². The zero-order chi connectivity index (χ0) is 16.8. The monoisotopic (exact) mass is 320 g/mol. The molecule has 0 aliphatic heterocycles. The Balaban J connectivity index is 1.80. The molecule has 8 nitrogen and oxygen atoms in total. The molecule has 0 unspecified atom stereocenters. The van der Waals surface area contributed by atoms with Gasteiger partial charge in [0.25, 0.3) is 0 Å². The van der Waals surface area contributed by atoms with Gasteiger partial charge in [0.05, 0.1) is 18.6 Å². The van der Waals surface area contributed by atoms with Crippen molar-refractivity contribution < 1.29 is 14.4 Å². The highest BCUT2D eigenvalue weighted by molar-refractivity contribution is 5.59. The Bertz CT molecular complexity index is 667. The molecule has 0 aliphatic carbocycles. The molecule has 23 heavy (non-hydrogen) atoms. The molecule has 0 saturated heterocycles. The maximum absolute atomic E-state index is 11.1. The minimum Gasteiger partial charge on any atom is -0.497 e. The summed E-state index contributed by atoms with van der Waals surface area (Å²) in [5.74, 6) is 1.95. The molecule has 0 radical (unpaired) electrons. The van der Waals surface area contributed by atoms with Gasteiger partial charge in [0.2, 0.25) is 5.82 Å². The highest BCUT2D eigenvalue weighted by Gasteiger charge is 2.23. The molecule has 2 rings (SSSR count). The normalized spacial score (nSPS) is 10.4. The summed E-state index contributed by atoms with van der Waals surface area (Å²) in [6, 6.07) is 7.33. The summed E-state index contributed by atoms with van der Waals surface area (Å²) >= 11 is 0. The van der Waals surface area contributed by atoms with Crippen LogP contribution in [-0.4, -0.2) is 35.0 Å². The molecule has 0 aliphatic rings. The van der Waals surface area contributed by atoms with Crippen LogP contribution >= 0.6 is 0 Å². The van der Waals surface area contributed by atoms with Crippen molar-refractivity contribution in [2.75, 3.05) is 25.6 Å². The number of nitrogens with zero attached hydrogens (tertiary/aromatic N) is 3. The van der Waals surface area contributed by atoms with E-state index in [4.69, 9.17) is 9.47 Å². The van der Waals surface area contributed by atoms with Crippen molar-refractivity contribution in [1.82, 2.24) is 9.78 Å². The molecule has 0 amide bonds. The van der Waals surface area contributed by atoms with Crippen molar-refractivity contribution in [2.24, 2.45) is 7.05 Å². The van der Waals surface area contributed by atoms with Crippen molar-refractivity contribution in [3.63, 3.8) is 0 Å². The van der Waals surface area contributed by atoms with Crippen LogP contribution in [-0.2, 0) is 7.05 Å². The maximum Gasteiger partial charge on any atom is 0.333 e. The first kappa shape index (κ1) is 16.6. The van der Waals surface area contributed by atoms with Gasteiger partial charge in [0.1, 0.15) is 17.2 Å². The van der Waals surface area contributed by atoms with E-state index in [1.807, 2.05) is 24.3 Å². The molecule has 0 atom stereocenters. The zero-order valence-corrected chi connectivity index (χ0v) is 13.4. The number of hydrogen-bond donors (Lipinski definition) is 1. The van der Waals surface area contributed by atoms with Crippen molar-refractivity contribution in [3.05, 3.63) is 40.1 Å². The number of hydrogen-bond acceptors (Lipinski definition) is 6. The van der Waals surface area contributed by atoms with Gasteiger partial charge in [-0.25, -0.2) is 4.68 Å². The van der Waals surface area contributed by atoms with Gasteiger partial charge in [0, 0.05) is 13.6 Å². The molecule has 8 heteroatoms. The van der Waals surface area contributed by atoms with E-state index >= 15 is 0 Å². The Morgan fingerprint density at radius 1 is 1.30 bits per heavy atom. The second-order valence-electron chi connectivity index (χ2n) is 4.97. The fraction of sp³-hybridized carbons (Fsp3) is 0.400. The average molecular weight is 320 g/mol. The van der Waals surface area contributed by atoms with Crippen LogP contribution in [0.3, 0.4) is 0 Å². The standard InChI is InChI=1S/C15H20N4O4/c1-11-14(19(20)21)15(18(2)17-11)16-9-4-10-23-13-7-5-12(22-3)6-8-13/h5-8,16H,4,9-10H2,1-3H3. The summed E-state index contributed by atoms with van der Waals surface area (Å²) in [6.07, 6.45) is 0.702. The van der Waals surface area contributed by atoms with Crippen molar-refractivity contribution in [1.29, 1.82) is 0 Å². The van der Waals surface area contributed by atoms with Crippen LogP contribution in [0.1, 0.15) is 12.1 Å². The zero-order valence-electron chi connectivity index (χ0n) is 13.4. The number of aromatic nitrogens is 2. The Hall–Kier alpha value is -2.77. The Morgan fingerprint density at radius 3 is 2.57 bits per heavy atom. The number of benzene rings is 1. The van der Waals surface area contributed by atoms with Crippen molar-refractivity contribution in [3.8, 4) is 11.5 Å². The summed E-state index contributed by atoms with van der Waals surface area (Å²) in [7, 11) is 3.29. The molecule has 0 saturated carbocycles. The van der Waals surface area contributed by atoms with Crippen molar-refractivity contribution in [2.45, 2.75) is 13.3 Å². The van der Waals surface area contributed by atoms with Crippen LogP contribution in [0.4, 0.5) is 11.5 Å². The fourth-order valence-electron chi connectivity index (χ4n) is 2.20. The lowest BCUT2D eigenvalue weighted by Gasteiger charge is -2.08. The quantitative estimate of drug-likeness (QED) is 0.456. The van der Waals surface area contributed by atoms with E-state index in [-0.39, 0.29) is 5.69 Å². The van der Waals surface area contributed by atoms with E-state index in [2.05, 4.69) is 10.4 Å². The lowest BCUT2D eigenvalue weighted by molar-refractivity contribution is -0.384. The summed E-state index contributed by atoms with van der Waals surface area (Å²) in [5, 5.41) is 18.2. The van der Waals surface area contributed by atoms with Gasteiger partial charge in [-0.2, -0.15) is 5.10 Å². The molecule has 1 aromatic carbocycles. The SMILES string of the molecule is COc1ccc(OCCCNc2c([N+](=O)[O-])c(C)nn2C)cc1. The van der Waals surface area contributed by atoms with Crippen LogP contribution in [0.15, 0.2) is 24.3 Å². The lowest BCUT2D eigenvalue weighted by atomic mass is 10.3. The molecule has 1 N–H and O–H groups in total. The third-order valence-corrected chi connectivity index (χ3v) is 3.31. The predicted octanol–water partition coefficient (Wildman–Crippen LogP) is 2.53. The molecule has 124 valence electrons. The molecule has 2 aromatic rings. The highest BCUT2D eigenvalue weighted by atomic mass is 16.6. The fourth-order valence-corrected chi connectivity index (χ4v) is 2.20. The molecule has 0 spiro atoms. The van der Waals surface area contributed by atoms with Gasteiger partial charge in [-0.15, -0.1) is 0 Å². The number of anilines is 1. The van der Waals surface area contributed by atoms with E-state index in [9.17, 15) is 10.1 Å². The van der Waals surface area contributed by atoms with Crippen LogP contribution in [0, 0.1) is 17.0 Å². The topological polar surface area (TPSA) is 91.4 Å². The second kappa shape index (κ2) is 7.48. The number of nitrogens with one attached hydrogen (secondary N) is 1. The first-order valence-electron chi connectivity index (χ1n) is 7.21. The van der Waals surface area contributed by atoms with Gasteiger partial charge >= 0.3 is 5.69 Å². The molecular weight excluding hydrogens is 300 g/mol. The smallest absolute Gasteiger partial charge is 0.333 e. The number of ether oxygens (including phenoxy) is 2. The minimum absolute atomic E-state index is 0.0172. The predicted molar refractivity (Wildman–Crippen MR) is 86.2 cm³/mol. The molecule has 0 fully saturated rings. The third kappa shape index (κ3) is 4.12. The largest absolute Gasteiger partial charge is 0.497 e. The molecule has 1 aromatic heterocycles. The first-order valence-corrected chi connectivity index (χ1v) is 7.21. The van der Waals surface area contributed by atoms with Crippen LogP contribution in [0.2, 0.25) is 0 Å². The molecule has 1 heterocycles. The van der Waals surface area contributed by atoms with Gasteiger partial charge in [0.15, 0.2) is 0 Å². The first-order chi connectivity index (χ1) is 11.0. The average Bonchev–Trinajstić information content (AvgIpc) is 2.81. The summed E-state index contributed by atoms with van der Waals surface area (Å²) in [4.78, 5) is 10.6. The number of rotatable bonds is 8. The Labute approximate surface area is 134 Å². The Kier molecular flexibility index (Phi) is 5.40. The van der Waals surface area contributed by atoms with Crippen LogP contribution < -0.4 is 14.8 Å². The van der Waals surface area contributed by atoms with Gasteiger partial charge in [-0.1, -0.05) is 0 Å². The number of methoxy groups -OCH3 is 1.